The van der Waals surface area contributed by atoms with Crippen molar-refractivity contribution >= 4 is 22.8 Å². The number of aromatic nitrogens is 3. The van der Waals surface area contributed by atoms with Crippen LogP contribution in [0.25, 0.3) is 11.0 Å². The molecule has 2 amide bonds. The molecule has 3 rings (SSSR count). The van der Waals surface area contributed by atoms with Gasteiger partial charge in [0.05, 0.1) is 12.1 Å². The maximum Gasteiger partial charge on any atom is 0.247 e. The van der Waals surface area contributed by atoms with Crippen molar-refractivity contribution < 1.29 is 19.1 Å². The first kappa shape index (κ1) is 28.1. The second-order valence-electron chi connectivity index (χ2n) is 9.50. The summed E-state index contributed by atoms with van der Waals surface area (Å²) in [5, 5.41) is 11.5. The minimum atomic E-state index is -0.828. The molecular formula is C28H39N5O4. The van der Waals surface area contributed by atoms with Gasteiger partial charge in [-0.3, -0.25) is 9.59 Å². The van der Waals surface area contributed by atoms with E-state index in [0.717, 1.165) is 11.9 Å². The van der Waals surface area contributed by atoms with Crippen LogP contribution in [-0.4, -0.2) is 63.6 Å². The second-order valence-corrected chi connectivity index (χ2v) is 9.50. The Morgan fingerprint density at radius 2 is 1.78 bits per heavy atom. The van der Waals surface area contributed by atoms with Gasteiger partial charge in [-0.2, -0.15) is 0 Å². The zero-order chi connectivity index (χ0) is 26.8. The summed E-state index contributed by atoms with van der Waals surface area (Å²) in [6.07, 6.45) is 1.34. The van der Waals surface area contributed by atoms with Crippen LogP contribution in [0.1, 0.15) is 59.1 Å². The molecule has 0 saturated heterocycles. The van der Waals surface area contributed by atoms with Crippen molar-refractivity contribution in [3.8, 4) is 5.75 Å². The van der Waals surface area contributed by atoms with Crippen LogP contribution in [0.2, 0.25) is 0 Å². The number of nitrogens with zero attached hydrogens (tertiary/aromatic N) is 4. The van der Waals surface area contributed by atoms with Gasteiger partial charge in [-0.05, 0) is 70.4 Å². The molecule has 3 aromatic rings. The zero-order valence-corrected chi connectivity index (χ0v) is 22.6. The summed E-state index contributed by atoms with van der Waals surface area (Å²) >= 11 is 0. The number of hydrogen-bond acceptors (Lipinski definition) is 6. The van der Waals surface area contributed by atoms with E-state index in [2.05, 4.69) is 15.6 Å². The van der Waals surface area contributed by atoms with Crippen molar-refractivity contribution in [3.63, 3.8) is 0 Å². The van der Waals surface area contributed by atoms with E-state index in [1.165, 1.54) is 0 Å². The van der Waals surface area contributed by atoms with E-state index in [1.807, 2.05) is 83.1 Å². The molecule has 2 aromatic carbocycles. The monoisotopic (exact) mass is 509 g/mol. The van der Waals surface area contributed by atoms with Crippen molar-refractivity contribution in [2.24, 2.45) is 0 Å². The van der Waals surface area contributed by atoms with Gasteiger partial charge in [-0.1, -0.05) is 36.4 Å². The Morgan fingerprint density at radius 3 is 2.46 bits per heavy atom. The lowest BCUT2D eigenvalue weighted by atomic mass is 9.98. The number of ether oxygens (including phenoxy) is 2. The van der Waals surface area contributed by atoms with Gasteiger partial charge in [0.15, 0.2) is 0 Å². The first-order valence-electron chi connectivity index (χ1n) is 13.0. The fourth-order valence-corrected chi connectivity index (χ4v) is 4.01. The van der Waals surface area contributed by atoms with Gasteiger partial charge < -0.3 is 19.7 Å². The highest BCUT2D eigenvalue weighted by molar-refractivity contribution is 5.89. The number of fused-ring (bicyclic) bond motifs is 1. The first-order valence-corrected chi connectivity index (χ1v) is 13.0. The number of nitrogens with one attached hydrogen (secondary N) is 1. The van der Waals surface area contributed by atoms with E-state index >= 15 is 0 Å². The smallest absolute Gasteiger partial charge is 0.247 e. The predicted octanol–water partition coefficient (Wildman–Crippen LogP) is 4.13. The van der Waals surface area contributed by atoms with E-state index in [-0.39, 0.29) is 18.4 Å². The summed E-state index contributed by atoms with van der Waals surface area (Å²) in [4.78, 5) is 29.2. The van der Waals surface area contributed by atoms with Gasteiger partial charge in [-0.15, -0.1) is 5.10 Å². The van der Waals surface area contributed by atoms with Crippen molar-refractivity contribution in [1.29, 1.82) is 0 Å². The molecule has 0 saturated carbocycles. The summed E-state index contributed by atoms with van der Waals surface area (Å²) in [5.41, 5.74) is 1.76. The molecule has 1 N–H and O–H groups in total. The molecule has 9 nitrogen and oxygen atoms in total. The normalized spacial score (nSPS) is 12.4. The summed E-state index contributed by atoms with van der Waals surface area (Å²) in [7, 11) is 0. The fraction of sp³-hybridized carbons (Fsp3) is 0.500. The van der Waals surface area contributed by atoms with E-state index < -0.39 is 11.6 Å². The highest BCUT2D eigenvalue weighted by atomic mass is 16.5. The minimum absolute atomic E-state index is 0.0346. The van der Waals surface area contributed by atoms with Gasteiger partial charge in [0, 0.05) is 25.3 Å². The first-order chi connectivity index (χ1) is 17.8. The summed E-state index contributed by atoms with van der Waals surface area (Å²) in [5.74, 6) is 0.252. The Balaban J connectivity index is 1.97. The van der Waals surface area contributed by atoms with E-state index in [9.17, 15) is 9.59 Å². The van der Waals surface area contributed by atoms with Crippen LogP contribution < -0.4 is 10.1 Å². The van der Waals surface area contributed by atoms with Crippen LogP contribution >= 0.6 is 0 Å². The maximum atomic E-state index is 13.8. The molecule has 1 heterocycles. The van der Waals surface area contributed by atoms with E-state index in [4.69, 9.17) is 9.47 Å². The Labute approximate surface area is 219 Å². The van der Waals surface area contributed by atoms with Crippen LogP contribution in [0.15, 0.2) is 48.5 Å². The minimum Gasteiger partial charge on any atom is -0.494 e. The number of para-hydroxylation sites is 1. The lowest BCUT2D eigenvalue weighted by molar-refractivity contribution is -0.142. The SMILES string of the molecule is CCOCCCN(C(=O)Cn1nnc2ccccc21)[C@@H](C(=O)NC(C)(C)CC)c1ccc(OCC)cc1. The molecule has 0 fully saturated rings. The third-order valence-corrected chi connectivity index (χ3v) is 6.33. The lowest BCUT2D eigenvalue weighted by Gasteiger charge is -2.34. The Kier molecular flexibility index (Phi) is 10.0. The number of carbonyl (C=O) groups excluding carboxylic acids is 2. The quantitative estimate of drug-likeness (QED) is 0.328. The van der Waals surface area contributed by atoms with Gasteiger partial charge in [0.25, 0.3) is 0 Å². The van der Waals surface area contributed by atoms with Gasteiger partial charge in [0.2, 0.25) is 11.8 Å². The van der Waals surface area contributed by atoms with Gasteiger partial charge >= 0.3 is 0 Å². The average molecular weight is 510 g/mol. The predicted molar refractivity (Wildman–Crippen MR) is 143 cm³/mol. The molecule has 37 heavy (non-hydrogen) atoms. The number of rotatable bonds is 14. The number of benzene rings is 2. The summed E-state index contributed by atoms with van der Waals surface area (Å²) < 4.78 is 12.7. The fourth-order valence-electron chi connectivity index (χ4n) is 4.01. The Morgan fingerprint density at radius 1 is 1.05 bits per heavy atom. The summed E-state index contributed by atoms with van der Waals surface area (Å²) in [6.45, 7) is 11.8. The molecule has 9 heteroatoms. The van der Waals surface area contributed by atoms with Crippen LogP contribution in [0.3, 0.4) is 0 Å². The third kappa shape index (κ3) is 7.52. The maximum absolute atomic E-state index is 13.8. The Bertz CT molecular complexity index is 1160. The molecule has 0 radical (unpaired) electrons. The molecule has 1 aromatic heterocycles. The standard InChI is InChI=1S/C28H39N5O4/c1-6-28(4,5)29-27(35)26(21-14-16-22(17-15-21)37-8-3)32(18-11-19-36-7-2)25(34)20-33-24-13-10-9-12-23(24)30-31-33/h9-10,12-17,26H,6-8,11,18-20H2,1-5H3,(H,29,35)/t26-/m1/s1. The highest BCUT2D eigenvalue weighted by Crippen LogP contribution is 2.26. The molecule has 0 aliphatic carbocycles. The van der Waals surface area contributed by atoms with Crippen LogP contribution in [0.4, 0.5) is 0 Å². The van der Waals surface area contributed by atoms with Crippen molar-refractivity contribution in [2.45, 2.75) is 65.6 Å². The Hall–Kier alpha value is -3.46. The summed E-state index contributed by atoms with van der Waals surface area (Å²) in [6, 6.07) is 14.0. The molecule has 0 aliphatic rings. The number of amides is 2. The lowest BCUT2D eigenvalue weighted by Crippen LogP contribution is -2.51. The molecule has 0 spiro atoms. The van der Waals surface area contributed by atoms with E-state index in [1.54, 1.807) is 9.58 Å². The largest absolute Gasteiger partial charge is 0.494 e. The molecule has 0 aliphatic heterocycles. The van der Waals surface area contributed by atoms with Crippen molar-refractivity contribution in [3.05, 3.63) is 54.1 Å². The zero-order valence-electron chi connectivity index (χ0n) is 22.6. The van der Waals surface area contributed by atoms with Gasteiger partial charge in [-0.25, -0.2) is 4.68 Å². The van der Waals surface area contributed by atoms with Gasteiger partial charge in [0.1, 0.15) is 23.9 Å². The van der Waals surface area contributed by atoms with Crippen LogP contribution in [0.5, 0.6) is 5.75 Å². The molecular weight excluding hydrogens is 470 g/mol. The van der Waals surface area contributed by atoms with E-state index in [0.29, 0.717) is 49.6 Å². The molecule has 200 valence electrons. The van der Waals surface area contributed by atoms with Crippen molar-refractivity contribution in [2.75, 3.05) is 26.4 Å². The third-order valence-electron chi connectivity index (χ3n) is 6.33. The van der Waals surface area contributed by atoms with Crippen LogP contribution in [0, 0.1) is 0 Å². The molecule has 0 unspecified atom stereocenters. The van der Waals surface area contributed by atoms with Crippen molar-refractivity contribution in [1.82, 2.24) is 25.2 Å². The molecule has 0 bridgehead atoms. The topological polar surface area (TPSA) is 98.6 Å². The number of carbonyl (C=O) groups is 2. The molecule has 1 atom stereocenters. The number of hydrogen-bond donors (Lipinski definition) is 1. The highest BCUT2D eigenvalue weighted by Gasteiger charge is 2.34. The average Bonchev–Trinajstić information content (AvgIpc) is 3.29. The second kappa shape index (κ2) is 13.2. The van der Waals surface area contributed by atoms with Crippen LogP contribution in [-0.2, 0) is 20.9 Å².